The Morgan fingerprint density at radius 1 is 1.12 bits per heavy atom. The summed E-state index contributed by atoms with van der Waals surface area (Å²) in [5.74, 6) is -11.2. The third-order valence-electron chi connectivity index (χ3n) is 1.91. The molecule has 1 N–H and O–H groups in total. The topological polar surface area (TPSA) is 54.4 Å². The molecule has 17 heavy (non-hydrogen) atoms. The maximum Gasteiger partial charge on any atom is 0.399 e. The van der Waals surface area contributed by atoms with Crippen LogP contribution in [0.2, 0.25) is 0 Å². The third-order valence-corrected chi connectivity index (χ3v) is 1.91. The maximum absolute atomic E-state index is 12.7. The minimum absolute atomic E-state index is 0.353. The van der Waals surface area contributed by atoms with Crippen LogP contribution >= 0.6 is 0 Å². The van der Waals surface area contributed by atoms with E-state index in [0.29, 0.717) is 18.2 Å². The van der Waals surface area contributed by atoms with Crippen molar-refractivity contribution in [3.63, 3.8) is 0 Å². The molecule has 92 valence electrons. The summed E-state index contributed by atoms with van der Waals surface area (Å²) >= 11 is 0. The van der Waals surface area contributed by atoms with Gasteiger partial charge in [0, 0.05) is 12.5 Å². The average molecular weight is 250 g/mol. The van der Waals surface area contributed by atoms with E-state index in [9.17, 15) is 27.2 Å². The Kier molecular flexibility index (Phi) is 3.50. The van der Waals surface area contributed by atoms with Gasteiger partial charge in [-0.1, -0.05) is 0 Å². The smallest absolute Gasteiger partial charge is 0.399 e. The van der Waals surface area contributed by atoms with E-state index in [-0.39, 0.29) is 5.56 Å². The van der Waals surface area contributed by atoms with Gasteiger partial charge < -0.3 is 5.11 Å². The van der Waals surface area contributed by atoms with E-state index in [0.717, 1.165) is 0 Å². The number of benzene rings is 1. The molecule has 0 heterocycles. The molecule has 0 radical (unpaired) electrons. The highest BCUT2D eigenvalue weighted by Crippen LogP contribution is 2.19. The Labute approximate surface area is 92.7 Å². The van der Waals surface area contributed by atoms with E-state index in [4.69, 9.17) is 5.11 Å². The van der Waals surface area contributed by atoms with E-state index in [1.54, 1.807) is 0 Å². The number of ketones is 1. The largest absolute Gasteiger partial charge is 0.476 e. The number of halogens is 4. The van der Waals surface area contributed by atoms with E-state index in [1.165, 1.54) is 0 Å². The number of aliphatic carboxylic acids is 1. The molecule has 0 aliphatic rings. The van der Waals surface area contributed by atoms with Gasteiger partial charge in [0.25, 0.3) is 0 Å². The first-order valence-corrected chi connectivity index (χ1v) is 4.33. The van der Waals surface area contributed by atoms with Gasteiger partial charge in [0.15, 0.2) is 0 Å². The summed E-state index contributed by atoms with van der Waals surface area (Å²) in [6.45, 7) is 0. The third kappa shape index (κ3) is 3.02. The molecule has 0 amide bonds. The molecule has 0 saturated carbocycles. The molecular formula is C10H6F4O3. The van der Waals surface area contributed by atoms with Crippen LogP contribution < -0.4 is 0 Å². The zero-order valence-electron chi connectivity index (χ0n) is 8.21. The molecule has 1 rings (SSSR count). The molecule has 1 aromatic rings. The minimum atomic E-state index is -4.57. The Morgan fingerprint density at radius 2 is 1.59 bits per heavy atom. The van der Waals surface area contributed by atoms with Gasteiger partial charge in [0.05, 0.1) is 0 Å². The zero-order valence-corrected chi connectivity index (χ0v) is 8.21. The molecule has 3 nitrogen and oxygen atoms in total. The summed E-state index contributed by atoms with van der Waals surface area (Å²) in [7, 11) is 0. The molecule has 0 bridgehead atoms. The number of hydrogen-bond donors (Lipinski definition) is 1. The Bertz CT molecular complexity index is 450. The summed E-state index contributed by atoms with van der Waals surface area (Å²) in [4.78, 5) is 21.0. The van der Waals surface area contributed by atoms with Crippen LogP contribution in [0.1, 0.15) is 5.56 Å². The first kappa shape index (κ1) is 13.1. The van der Waals surface area contributed by atoms with Gasteiger partial charge in [-0.3, -0.25) is 4.79 Å². The van der Waals surface area contributed by atoms with Crippen molar-refractivity contribution < 1.29 is 32.3 Å². The number of carbonyl (C=O) groups is 2. The molecule has 0 aliphatic heterocycles. The molecule has 7 heteroatoms. The van der Waals surface area contributed by atoms with Crippen molar-refractivity contribution >= 4 is 11.8 Å². The minimum Gasteiger partial charge on any atom is -0.476 e. The van der Waals surface area contributed by atoms with Crippen molar-refractivity contribution in [3.8, 4) is 0 Å². The van der Waals surface area contributed by atoms with E-state index in [1.807, 2.05) is 0 Å². The second-order valence-corrected chi connectivity index (χ2v) is 3.26. The lowest BCUT2D eigenvalue weighted by Gasteiger charge is -2.09. The number of carbonyl (C=O) groups excluding carboxylic acids is 1. The standard InChI is InChI=1S/C10H6F4O3/c11-6-1-5(2-7(12)4-6)3-8(15)10(13,14)9(16)17/h1-2,4H,3H2,(H,16,17). The SMILES string of the molecule is O=C(O)C(F)(F)C(=O)Cc1cc(F)cc(F)c1. The number of rotatable bonds is 4. The van der Waals surface area contributed by atoms with Crippen LogP contribution in [0.25, 0.3) is 0 Å². The predicted octanol–water partition coefficient (Wildman–Crippen LogP) is 1.80. The number of alkyl halides is 2. The zero-order chi connectivity index (χ0) is 13.2. The van der Waals surface area contributed by atoms with E-state index < -0.39 is 35.7 Å². The molecule has 0 aromatic heterocycles. The van der Waals surface area contributed by atoms with Gasteiger partial charge in [-0.05, 0) is 17.7 Å². The van der Waals surface area contributed by atoms with Crippen LogP contribution in [-0.2, 0) is 16.0 Å². The van der Waals surface area contributed by atoms with Crippen LogP contribution in [-0.4, -0.2) is 22.8 Å². The summed E-state index contributed by atoms with van der Waals surface area (Å²) in [6.07, 6.45) is -1.06. The molecule has 0 aliphatic carbocycles. The fraction of sp³-hybridized carbons (Fsp3) is 0.200. The highest BCUT2D eigenvalue weighted by Gasteiger charge is 2.46. The number of carboxylic acid groups (broad SMARTS) is 1. The van der Waals surface area contributed by atoms with Gasteiger partial charge in [-0.15, -0.1) is 0 Å². The summed E-state index contributed by atoms with van der Waals surface area (Å²) in [6, 6.07) is 1.86. The first-order valence-electron chi connectivity index (χ1n) is 4.33. The van der Waals surface area contributed by atoms with E-state index >= 15 is 0 Å². The normalized spacial score (nSPS) is 11.3. The Morgan fingerprint density at radius 3 is 2.00 bits per heavy atom. The van der Waals surface area contributed by atoms with Crippen molar-refractivity contribution in [1.82, 2.24) is 0 Å². The van der Waals surface area contributed by atoms with Crippen molar-refractivity contribution in [2.75, 3.05) is 0 Å². The average Bonchev–Trinajstić information content (AvgIpc) is 2.15. The Hall–Kier alpha value is -1.92. The van der Waals surface area contributed by atoms with Gasteiger partial charge in [-0.25, -0.2) is 13.6 Å². The highest BCUT2D eigenvalue weighted by molar-refractivity contribution is 6.05. The molecule has 0 unspecified atom stereocenters. The van der Waals surface area contributed by atoms with Gasteiger partial charge in [0.2, 0.25) is 5.78 Å². The van der Waals surface area contributed by atoms with Gasteiger partial charge in [-0.2, -0.15) is 8.78 Å². The lowest BCUT2D eigenvalue weighted by molar-refractivity contribution is -0.171. The fourth-order valence-corrected chi connectivity index (χ4v) is 1.13. The van der Waals surface area contributed by atoms with Crippen LogP contribution in [0.3, 0.4) is 0 Å². The quantitative estimate of drug-likeness (QED) is 0.654. The van der Waals surface area contributed by atoms with Gasteiger partial charge in [0.1, 0.15) is 11.6 Å². The first-order chi connectivity index (χ1) is 7.73. The summed E-state index contributed by atoms with van der Waals surface area (Å²) in [5, 5.41) is 8.08. The highest BCUT2D eigenvalue weighted by atomic mass is 19.3. The van der Waals surface area contributed by atoms with Crippen LogP contribution in [0.15, 0.2) is 18.2 Å². The van der Waals surface area contributed by atoms with Crippen LogP contribution in [0.4, 0.5) is 17.6 Å². The number of carboxylic acids is 1. The van der Waals surface area contributed by atoms with Crippen molar-refractivity contribution in [2.45, 2.75) is 12.3 Å². The van der Waals surface area contributed by atoms with Crippen LogP contribution in [0, 0.1) is 11.6 Å². The lowest BCUT2D eigenvalue weighted by atomic mass is 10.0. The van der Waals surface area contributed by atoms with Crippen molar-refractivity contribution in [3.05, 3.63) is 35.4 Å². The van der Waals surface area contributed by atoms with E-state index in [2.05, 4.69) is 0 Å². The second kappa shape index (κ2) is 4.52. The second-order valence-electron chi connectivity index (χ2n) is 3.26. The number of Topliss-reactive ketones (excluding diaryl/α,β-unsaturated/α-hetero) is 1. The number of hydrogen-bond acceptors (Lipinski definition) is 2. The van der Waals surface area contributed by atoms with Gasteiger partial charge >= 0.3 is 11.9 Å². The van der Waals surface area contributed by atoms with Crippen LogP contribution in [0.5, 0.6) is 0 Å². The van der Waals surface area contributed by atoms with Crippen molar-refractivity contribution in [1.29, 1.82) is 0 Å². The molecule has 0 fully saturated rings. The predicted molar refractivity (Wildman–Crippen MR) is 47.7 cm³/mol. The molecule has 1 aromatic carbocycles. The lowest BCUT2D eigenvalue weighted by Crippen LogP contribution is -2.38. The molecule has 0 atom stereocenters. The molecule has 0 saturated heterocycles. The summed E-state index contributed by atoms with van der Waals surface area (Å²) in [5.41, 5.74) is -0.353. The molecular weight excluding hydrogens is 244 g/mol. The molecule has 0 spiro atoms. The fourth-order valence-electron chi connectivity index (χ4n) is 1.13. The monoisotopic (exact) mass is 250 g/mol. The van der Waals surface area contributed by atoms with Crippen molar-refractivity contribution in [2.24, 2.45) is 0 Å². The summed E-state index contributed by atoms with van der Waals surface area (Å²) < 4.78 is 50.7. The Balaban J connectivity index is 2.92. The maximum atomic E-state index is 12.7.